The molecule has 130 valence electrons. The summed E-state index contributed by atoms with van der Waals surface area (Å²) in [7, 11) is 0. The number of ether oxygens (including phenoxy) is 1. The van der Waals surface area contributed by atoms with E-state index < -0.39 is 0 Å². The highest BCUT2D eigenvalue weighted by Crippen LogP contribution is 2.36. The Balaban J connectivity index is 1.73. The molecule has 0 aliphatic carbocycles. The largest absolute Gasteiger partial charge is 0.494 e. The normalized spacial score (nSPS) is 10.8. The quantitative estimate of drug-likeness (QED) is 0.515. The van der Waals surface area contributed by atoms with E-state index in [-0.39, 0.29) is 5.91 Å². The maximum absolute atomic E-state index is 12.6. The lowest BCUT2D eigenvalue weighted by molar-refractivity contribution is 0.103. The van der Waals surface area contributed by atoms with Crippen LogP contribution in [0, 0.1) is 6.92 Å². The second-order valence-corrected chi connectivity index (χ2v) is 7.36. The molecule has 0 fully saturated rings. The van der Waals surface area contributed by atoms with E-state index in [1.807, 2.05) is 49.4 Å². The van der Waals surface area contributed by atoms with Gasteiger partial charge >= 0.3 is 0 Å². The fourth-order valence-corrected chi connectivity index (χ4v) is 3.99. The first-order chi connectivity index (χ1) is 12.1. The van der Waals surface area contributed by atoms with E-state index in [1.54, 1.807) is 0 Å². The molecule has 0 saturated carbocycles. The molecule has 0 bridgehead atoms. The first kappa shape index (κ1) is 17.8. The SMILES string of the molecule is CCCCOc1ccc(NC(=O)c2sc3cc(C)ccc3c2Cl)cc1. The highest BCUT2D eigenvalue weighted by Gasteiger charge is 2.17. The fourth-order valence-electron chi connectivity index (χ4n) is 2.48. The Morgan fingerprint density at radius 1 is 1.20 bits per heavy atom. The van der Waals surface area contributed by atoms with Crippen molar-refractivity contribution in [1.29, 1.82) is 0 Å². The number of carbonyl (C=O) groups excluding carboxylic acids is 1. The maximum Gasteiger partial charge on any atom is 0.267 e. The summed E-state index contributed by atoms with van der Waals surface area (Å²) < 4.78 is 6.65. The summed E-state index contributed by atoms with van der Waals surface area (Å²) in [5.41, 5.74) is 1.87. The molecule has 2 aromatic carbocycles. The van der Waals surface area contributed by atoms with Gasteiger partial charge in [0, 0.05) is 15.8 Å². The monoisotopic (exact) mass is 373 g/mol. The van der Waals surface area contributed by atoms with Gasteiger partial charge in [0.1, 0.15) is 10.6 Å². The molecule has 1 N–H and O–H groups in total. The van der Waals surface area contributed by atoms with E-state index in [0.717, 1.165) is 39.9 Å². The zero-order chi connectivity index (χ0) is 17.8. The molecule has 0 atom stereocenters. The van der Waals surface area contributed by atoms with Crippen molar-refractivity contribution < 1.29 is 9.53 Å². The molecule has 25 heavy (non-hydrogen) atoms. The number of carbonyl (C=O) groups is 1. The summed E-state index contributed by atoms with van der Waals surface area (Å²) in [4.78, 5) is 13.1. The topological polar surface area (TPSA) is 38.3 Å². The number of halogens is 1. The Kier molecular flexibility index (Phi) is 5.61. The van der Waals surface area contributed by atoms with Crippen molar-refractivity contribution in [2.75, 3.05) is 11.9 Å². The molecule has 0 unspecified atom stereocenters. The summed E-state index contributed by atoms with van der Waals surface area (Å²) in [5.74, 6) is 0.616. The summed E-state index contributed by atoms with van der Waals surface area (Å²) in [5, 5.41) is 4.33. The fraction of sp³-hybridized carbons (Fsp3) is 0.250. The second-order valence-electron chi connectivity index (χ2n) is 5.93. The van der Waals surface area contributed by atoms with Gasteiger partial charge in [-0.05, 0) is 49.2 Å². The van der Waals surface area contributed by atoms with Gasteiger partial charge in [-0.2, -0.15) is 0 Å². The molecule has 3 nitrogen and oxygen atoms in total. The van der Waals surface area contributed by atoms with Crippen molar-refractivity contribution in [2.45, 2.75) is 26.7 Å². The first-order valence-corrected chi connectivity index (χ1v) is 9.51. The van der Waals surface area contributed by atoms with Crippen LogP contribution in [0.2, 0.25) is 5.02 Å². The van der Waals surface area contributed by atoms with E-state index in [9.17, 15) is 4.79 Å². The van der Waals surface area contributed by atoms with Crippen molar-refractivity contribution in [3.8, 4) is 5.75 Å². The number of hydrogen-bond donors (Lipinski definition) is 1. The van der Waals surface area contributed by atoms with Gasteiger partial charge in [0.15, 0.2) is 0 Å². The predicted molar refractivity (Wildman–Crippen MR) is 106 cm³/mol. The molecule has 0 aliphatic rings. The number of unbranched alkanes of at least 4 members (excludes halogenated alkanes) is 1. The van der Waals surface area contributed by atoms with E-state index in [0.29, 0.717) is 16.5 Å². The van der Waals surface area contributed by atoms with E-state index in [2.05, 4.69) is 12.2 Å². The van der Waals surface area contributed by atoms with Crippen LogP contribution in [0.3, 0.4) is 0 Å². The van der Waals surface area contributed by atoms with Crippen molar-refractivity contribution >= 4 is 44.6 Å². The zero-order valence-corrected chi connectivity index (χ0v) is 15.8. The van der Waals surface area contributed by atoms with E-state index in [1.165, 1.54) is 11.3 Å². The van der Waals surface area contributed by atoms with Gasteiger partial charge in [-0.1, -0.05) is 37.1 Å². The number of benzene rings is 2. The molecule has 0 radical (unpaired) electrons. The average molecular weight is 374 g/mol. The van der Waals surface area contributed by atoms with Gasteiger partial charge in [0.2, 0.25) is 0 Å². The number of anilines is 1. The van der Waals surface area contributed by atoms with Crippen LogP contribution in [0.25, 0.3) is 10.1 Å². The van der Waals surface area contributed by atoms with Crippen LogP contribution in [0.5, 0.6) is 5.75 Å². The highest BCUT2D eigenvalue weighted by atomic mass is 35.5. The minimum absolute atomic E-state index is 0.191. The standard InChI is InChI=1S/C20H20ClNO2S/c1-3-4-11-24-15-8-6-14(7-9-15)22-20(23)19-18(21)16-10-5-13(2)12-17(16)25-19/h5-10,12H,3-4,11H2,1-2H3,(H,22,23). The van der Waals surface area contributed by atoms with Gasteiger partial charge in [-0.15, -0.1) is 11.3 Å². The molecule has 0 aliphatic heterocycles. The lowest BCUT2D eigenvalue weighted by Crippen LogP contribution is -2.10. The minimum Gasteiger partial charge on any atom is -0.494 e. The average Bonchev–Trinajstić information content (AvgIpc) is 2.93. The van der Waals surface area contributed by atoms with Gasteiger partial charge in [0.05, 0.1) is 11.6 Å². The van der Waals surface area contributed by atoms with Gasteiger partial charge < -0.3 is 10.1 Å². The summed E-state index contributed by atoms with van der Waals surface area (Å²) in [6.07, 6.45) is 2.13. The van der Waals surface area contributed by atoms with Crippen LogP contribution in [-0.2, 0) is 0 Å². The Hall–Kier alpha value is -2.04. The Bertz CT molecular complexity index is 887. The Labute approximate surface area is 156 Å². The molecule has 3 aromatic rings. The lowest BCUT2D eigenvalue weighted by atomic mass is 10.2. The van der Waals surface area contributed by atoms with E-state index >= 15 is 0 Å². The summed E-state index contributed by atoms with van der Waals surface area (Å²) in [6, 6.07) is 13.4. The van der Waals surface area contributed by atoms with Crippen molar-refractivity contribution in [3.05, 3.63) is 57.9 Å². The smallest absolute Gasteiger partial charge is 0.267 e. The van der Waals surface area contributed by atoms with Crippen LogP contribution < -0.4 is 10.1 Å². The third kappa shape index (κ3) is 4.14. The minimum atomic E-state index is -0.191. The zero-order valence-electron chi connectivity index (χ0n) is 14.3. The number of fused-ring (bicyclic) bond motifs is 1. The van der Waals surface area contributed by atoms with Crippen molar-refractivity contribution in [3.63, 3.8) is 0 Å². The van der Waals surface area contributed by atoms with Crippen LogP contribution in [0.1, 0.15) is 35.0 Å². The number of rotatable bonds is 6. The van der Waals surface area contributed by atoms with E-state index in [4.69, 9.17) is 16.3 Å². The number of thiophene rings is 1. The first-order valence-electron chi connectivity index (χ1n) is 8.31. The predicted octanol–water partition coefficient (Wildman–Crippen LogP) is 6.29. The number of amides is 1. The number of aryl methyl sites for hydroxylation is 1. The summed E-state index contributed by atoms with van der Waals surface area (Å²) >= 11 is 7.81. The third-order valence-corrected chi connectivity index (χ3v) is 5.53. The Morgan fingerprint density at radius 2 is 1.96 bits per heavy atom. The molecule has 3 rings (SSSR count). The van der Waals surface area contributed by atoms with Gasteiger partial charge in [-0.25, -0.2) is 0 Å². The second kappa shape index (κ2) is 7.89. The molecule has 0 saturated heterocycles. The van der Waals surface area contributed by atoms with Crippen LogP contribution in [0.4, 0.5) is 5.69 Å². The molecule has 1 aromatic heterocycles. The summed E-state index contributed by atoms with van der Waals surface area (Å²) in [6.45, 7) is 4.86. The molecular weight excluding hydrogens is 354 g/mol. The van der Waals surface area contributed by atoms with Crippen molar-refractivity contribution in [1.82, 2.24) is 0 Å². The van der Waals surface area contributed by atoms with Gasteiger partial charge in [0.25, 0.3) is 5.91 Å². The molecular formula is C20H20ClNO2S. The highest BCUT2D eigenvalue weighted by molar-refractivity contribution is 7.21. The maximum atomic E-state index is 12.6. The third-order valence-electron chi connectivity index (χ3n) is 3.87. The Morgan fingerprint density at radius 3 is 2.68 bits per heavy atom. The number of nitrogens with one attached hydrogen (secondary N) is 1. The molecule has 5 heteroatoms. The van der Waals surface area contributed by atoms with Crippen LogP contribution in [0.15, 0.2) is 42.5 Å². The van der Waals surface area contributed by atoms with Gasteiger partial charge in [-0.3, -0.25) is 4.79 Å². The van der Waals surface area contributed by atoms with Crippen LogP contribution >= 0.6 is 22.9 Å². The van der Waals surface area contributed by atoms with Crippen molar-refractivity contribution in [2.24, 2.45) is 0 Å². The van der Waals surface area contributed by atoms with Crippen LogP contribution in [-0.4, -0.2) is 12.5 Å². The number of hydrogen-bond acceptors (Lipinski definition) is 3. The molecule has 1 amide bonds. The lowest BCUT2D eigenvalue weighted by Gasteiger charge is -2.07. The molecule has 1 heterocycles. The molecule has 0 spiro atoms.